The summed E-state index contributed by atoms with van der Waals surface area (Å²) in [6.45, 7) is 1.33. The Kier molecular flexibility index (Phi) is 6.81. The highest BCUT2D eigenvalue weighted by molar-refractivity contribution is 5.14. The number of rotatable bonds is 8. The molecule has 0 aliphatic heterocycles. The van der Waals surface area contributed by atoms with E-state index in [4.69, 9.17) is 0 Å². The molecule has 2 N–H and O–H groups in total. The standard InChI is InChI=1S/C13H20NO2/c15-9-5-4-8-13(16)11-14-10-12-6-2-1-3-7-12/h1-3,6-7,13-14,16H,4-5,8-11H2. The molecule has 0 aromatic heterocycles. The molecule has 0 aliphatic carbocycles. The average molecular weight is 222 g/mol. The minimum Gasteiger partial charge on any atom is -0.392 e. The normalized spacial score (nSPS) is 12.6. The summed E-state index contributed by atoms with van der Waals surface area (Å²) < 4.78 is 0. The van der Waals surface area contributed by atoms with Crippen molar-refractivity contribution < 1.29 is 10.2 Å². The van der Waals surface area contributed by atoms with Crippen LogP contribution in [0.25, 0.3) is 0 Å². The first-order valence-electron chi connectivity index (χ1n) is 5.83. The van der Waals surface area contributed by atoms with Gasteiger partial charge in [-0.1, -0.05) is 30.3 Å². The molecule has 0 fully saturated rings. The van der Waals surface area contributed by atoms with Crippen LogP contribution in [-0.4, -0.2) is 24.4 Å². The molecule has 0 heterocycles. The Morgan fingerprint density at radius 2 is 1.94 bits per heavy atom. The van der Waals surface area contributed by atoms with E-state index >= 15 is 0 Å². The molecule has 0 spiro atoms. The summed E-state index contributed by atoms with van der Waals surface area (Å²) in [4.78, 5) is 0. The van der Waals surface area contributed by atoms with E-state index in [1.807, 2.05) is 18.2 Å². The van der Waals surface area contributed by atoms with E-state index in [0.29, 0.717) is 19.4 Å². The molecule has 1 aromatic rings. The highest BCUT2D eigenvalue weighted by Gasteiger charge is 2.02. The van der Waals surface area contributed by atoms with E-state index in [9.17, 15) is 10.2 Å². The van der Waals surface area contributed by atoms with Gasteiger partial charge in [-0.3, -0.25) is 0 Å². The fraction of sp³-hybridized carbons (Fsp3) is 0.538. The lowest BCUT2D eigenvalue weighted by atomic mass is 10.1. The Morgan fingerprint density at radius 1 is 1.19 bits per heavy atom. The van der Waals surface area contributed by atoms with Gasteiger partial charge in [-0.15, -0.1) is 0 Å². The van der Waals surface area contributed by atoms with E-state index in [1.165, 1.54) is 5.56 Å². The third-order valence-electron chi connectivity index (χ3n) is 2.48. The van der Waals surface area contributed by atoms with Gasteiger partial charge >= 0.3 is 0 Å². The van der Waals surface area contributed by atoms with Gasteiger partial charge in [0.15, 0.2) is 0 Å². The van der Waals surface area contributed by atoms with Crippen LogP contribution in [-0.2, 0) is 11.7 Å². The molecular weight excluding hydrogens is 202 g/mol. The Bertz CT molecular complexity index is 264. The van der Waals surface area contributed by atoms with Gasteiger partial charge in [-0.2, -0.15) is 0 Å². The van der Waals surface area contributed by atoms with E-state index in [-0.39, 0.29) is 12.7 Å². The van der Waals surface area contributed by atoms with Crippen LogP contribution in [0.3, 0.4) is 0 Å². The number of unbranched alkanes of at least 4 members (excludes halogenated alkanes) is 1. The van der Waals surface area contributed by atoms with Gasteiger partial charge in [-0.05, 0) is 24.8 Å². The van der Waals surface area contributed by atoms with Crippen molar-refractivity contribution in [2.24, 2.45) is 0 Å². The molecule has 0 saturated heterocycles. The van der Waals surface area contributed by atoms with Crippen LogP contribution in [0.5, 0.6) is 0 Å². The van der Waals surface area contributed by atoms with Crippen LogP contribution in [0, 0.1) is 0 Å². The Labute approximate surface area is 97.1 Å². The lowest BCUT2D eigenvalue weighted by Crippen LogP contribution is -2.26. The van der Waals surface area contributed by atoms with Gasteiger partial charge in [0.1, 0.15) is 0 Å². The molecule has 1 atom stereocenters. The summed E-state index contributed by atoms with van der Waals surface area (Å²) in [6.07, 6.45) is 1.85. The molecule has 0 amide bonds. The zero-order valence-corrected chi connectivity index (χ0v) is 9.56. The summed E-state index contributed by atoms with van der Waals surface area (Å²) >= 11 is 0. The Morgan fingerprint density at radius 3 is 2.62 bits per heavy atom. The van der Waals surface area contributed by atoms with E-state index in [0.717, 1.165) is 13.0 Å². The van der Waals surface area contributed by atoms with Crippen molar-refractivity contribution in [2.75, 3.05) is 13.2 Å². The number of aliphatic hydroxyl groups is 1. The van der Waals surface area contributed by atoms with Gasteiger partial charge < -0.3 is 10.4 Å². The largest absolute Gasteiger partial charge is 0.392 e. The second-order valence-electron chi connectivity index (χ2n) is 3.97. The molecule has 3 nitrogen and oxygen atoms in total. The van der Waals surface area contributed by atoms with Gasteiger partial charge in [0.2, 0.25) is 0 Å². The molecule has 0 aliphatic rings. The second kappa shape index (κ2) is 8.28. The maximum atomic E-state index is 10.2. The van der Waals surface area contributed by atoms with Crippen LogP contribution in [0.2, 0.25) is 0 Å². The highest BCUT2D eigenvalue weighted by atomic mass is 16.3. The smallest absolute Gasteiger partial charge is 0.0822 e. The van der Waals surface area contributed by atoms with Crippen LogP contribution in [0.15, 0.2) is 30.3 Å². The van der Waals surface area contributed by atoms with Gasteiger partial charge in [0.05, 0.1) is 12.7 Å². The van der Waals surface area contributed by atoms with E-state index in [2.05, 4.69) is 17.4 Å². The molecule has 89 valence electrons. The van der Waals surface area contributed by atoms with Crippen molar-refractivity contribution in [3.63, 3.8) is 0 Å². The van der Waals surface area contributed by atoms with Crippen molar-refractivity contribution in [1.82, 2.24) is 5.32 Å². The van der Waals surface area contributed by atoms with Crippen LogP contribution < -0.4 is 5.32 Å². The molecule has 1 rings (SSSR count). The summed E-state index contributed by atoms with van der Waals surface area (Å²) in [6, 6.07) is 10.1. The number of benzene rings is 1. The van der Waals surface area contributed by atoms with Crippen LogP contribution >= 0.6 is 0 Å². The van der Waals surface area contributed by atoms with Gasteiger partial charge in [-0.25, -0.2) is 5.11 Å². The van der Waals surface area contributed by atoms with Crippen LogP contribution in [0.4, 0.5) is 0 Å². The predicted octanol–water partition coefficient (Wildman–Crippen LogP) is 1.74. The summed E-state index contributed by atoms with van der Waals surface area (Å²) in [5.74, 6) is 0. The van der Waals surface area contributed by atoms with Gasteiger partial charge in [0.25, 0.3) is 0 Å². The molecule has 3 heteroatoms. The van der Waals surface area contributed by atoms with Crippen molar-refractivity contribution >= 4 is 0 Å². The van der Waals surface area contributed by atoms with Gasteiger partial charge in [0, 0.05) is 13.1 Å². The van der Waals surface area contributed by atoms with Crippen molar-refractivity contribution in [3.05, 3.63) is 35.9 Å². The zero-order valence-electron chi connectivity index (χ0n) is 9.56. The topological polar surface area (TPSA) is 52.2 Å². The molecule has 1 unspecified atom stereocenters. The van der Waals surface area contributed by atoms with E-state index < -0.39 is 0 Å². The first kappa shape index (κ1) is 13.2. The fourth-order valence-electron chi connectivity index (χ4n) is 1.56. The average Bonchev–Trinajstić information content (AvgIpc) is 2.31. The quantitative estimate of drug-likeness (QED) is 0.658. The Balaban J connectivity index is 2.06. The maximum absolute atomic E-state index is 10.2. The van der Waals surface area contributed by atoms with Crippen molar-refractivity contribution in [1.29, 1.82) is 0 Å². The number of hydrogen-bond donors (Lipinski definition) is 2. The summed E-state index contributed by atoms with van der Waals surface area (Å²) in [7, 11) is 0. The monoisotopic (exact) mass is 222 g/mol. The molecule has 1 radical (unpaired) electrons. The molecular formula is C13H20NO2. The first-order chi connectivity index (χ1) is 7.83. The number of hydrogen-bond acceptors (Lipinski definition) is 2. The van der Waals surface area contributed by atoms with Crippen molar-refractivity contribution in [3.8, 4) is 0 Å². The van der Waals surface area contributed by atoms with Crippen LogP contribution in [0.1, 0.15) is 24.8 Å². The lowest BCUT2D eigenvalue weighted by Gasteiger charge is -2.11. The van der Waals surface area contributed by atoms with Crippen molar-refractivity contribution in [2.45, 2.75) is 31.9 Å². The zero-order chi connectivity index (χ0) is 11.6. The fourth-order valence-corrected chi connectivity index (χ4v) is 1.56. The molecule has 1 aromatic carbocycles. The lowest BCUT2D eigenvalue weighted by molar-refractivity contribution is 0.145. The maximum Gasteiger partial charge on any atom is 0.0822 e. The van der Waals surface area contributed by atoms with E-state index in [1.54, 1.807) is 0 Å². The number of aliphatic hydroxyl groups excluding tert-OH is 1. The first-order valence-corrected chi connectivity index (χ1v) is 5.83. The number of nitrogens with one attached hydrogen (secondary N) is 1. The molecule has 0 bridgehead atoms. The summed E-state index contributed by atoms with van der Waals surface area (Å²) in [5.41, 5.74) is 1.22. The Hall–Kier alpha value is -0.900. The predicted molar refractivity (Wildman–Crippen MR) is 63.6 cm³/mol. The SMILES string of the molecule is [O]CCCCC(O)CNCc1ccccc1. The minimum absolute atomic E-state index is 0.0375. The molecule has 16 heavy (non-hydrogen) atoms. The minimum atomic E-state index is -0.338. The third kappa shape index (κ3) is 5.85. The summed E-state index contributed by atoms with van der Waals surface area (Å²) in [5, 5.41) is 23.0. The second-order valence-corrected chi connectivity index (χ2v) is 3.97. The third-order valence-corrected chi connectivity index (χ3v) is 2.48. The highest BCUT2D eigenvalue weighted by Crippen LogP contribution is 2.01. The molecule has 0 saturated carbocycles.